The van der Waals surface area contributed by atoms with Gasteiger partial charge in [-0.25, -0.2) is 8.42 Å². The van der Waals surface area contributed by atoms with Crippen LogP contribution in [0.3, 0.4) is 0 Å². The molecule has 0 spiro atoms. The molecule has 0 radical (unpaired) electrons. The van der Waals surface area contributed by atoms with Gasteiger partial charge in [-0.3, -0.25) is 4.68 Å². The molecule has 0 unspecified atom stereocenters. The van der Waals surface area contributed by atoms with Crippen LogP contribution in [0.2, 0.25) is 0 Å². The fourth-order valence-corrected chi connectivity index (χ4v) is 1.81. The molecule has 0 saturated heterocycles. The summed E-state index contributed by atoms with van der Waals surface area (Å²) in [4.78, 5) is 0. The van der Waals surface area contributed by atoms with E-state index in [0.29, 0.717) is 13.1 Å². The number of aromatic nitrogens is 3. The van der Waals surface area contributed by atoms with Gasteiger partial charge in [-0.05, 0) is 0 Å². The van der Waals surface area contributed by atoms with E-state index in [2.05, 4.69) is 15.6 Å². The predicted molar refractivity (Wildman–Crippen MR) is 57.0 cm³/mol. The molecule has 7 heteroatoms. The van der Waals surface area contributed by atoms with E-state index in [1.165, 1.54) is 0 Å². The lowest BCUT2D eigenvalue weighted by Crippen LogP contribution is -2.23. The highest BCUT2D eigenvalue weighted by Gasteiger charge is 2.06. The summed E-state index contributed by atoms with van der Waals surface area (Å²) >= 11 is 0. The number of sulfone groups is 1. The van der Waals surface area contributed by atoms with E-state index in [9.17, 15) is 8.42 Å². The largest absolute Gasteiger partial charge is 0.310 e. The monoisotopic (exact) mass is 232 g/mol. The molecule has 0 amide bonds. The van der Waals surface area contributed by atoms with Crippen molar-refractivity contribution < 1.29 is 8.42 Å². The highest BCUT2D eigenvalue weighted by Crippen LogP contribution is 1.91. The second-order valence-electron chi connectivity index (χ2n) is 3.30. The van der Waals surface area contributed by atoms with Gasteiger partial charge in [0.25, 0.3) is 0 Å². The number of hydrogen-bond acceptors (Lipinski definition) is 5. The Hall–Kier alpha value is -0.950. The van der Waals surface area contributed by atoms with E-state index >= 15 is 0 Å². The first-order chi connectivity index (χ1) is 7.03. The summed E-state index contributed by atoms with van der Waals surface area (Å²) in [5, 5.41) is 10.7. The molecule has 6 nitrogen and oxygen atoms in total. The van der Waals surface area contributed by atoms with Crippen LogP contribution in [0.15, 0.2) is 6.20 Å². The van der Waals surface area contributed by atoms with Gasteiger partial charge >= 0.3 is 0 Å². The molecule has 15 heavy (non-hydrogen) atoms. The lowest BCUT2D eigenvalue weighted by Gasteiger charge is -2.02. The molecule has 0 aliphatic heterocycles. The van der Waals surface area contributed by atoms with Gasteiger partial charge in [0.1, 0.15) is 0 Å². The minimum absolute atomic E-state index is 0.170. The van der Waals surface area contributed by atoms with Crippen molar-refractivity contribution in [1.29, 1.82) is 0 Å². The molecule has 0 saturated carbocycles. The molecule has 86 valence electrons. The predicted octanol–water partition coefficient (Wildman–Crippen LogP) is -0.661. The van der Waals surface area contributed by atoms with Crippen LogP contribution in [-0.2, 0) is 23.4 Å². The van der Waals surface area contributed by atoms with Crippen LogP contribution in [-0.4, -0.2) is 41.5 Å². The van der Waals surface area contributed by atoms with Gasteiger partial charge in [0.15, 0.2) is 9.84 Å². The Balaban J connectivity index is 2.23. The molecular weight excluding hydrogens is 216 g/mol. The van der Waals surface area contributed by atoms with Gasteiger partial charge in [-0.15, -0.1) is 5.10 Å². The molecular formula is C8H16N4O2S. The van der Waals surface area contributed by atoms with Crippen molar-refractivity contribution >= 4 is 9.84 Å². The molecule has 0 aliphatic carbocycles. The normalized spacial score (nSPS) is 11.9. The van der Waals surface area contributed by atoms with Crippen LogP contribution < -0.4 is 5.32 Å². The van der Waals surface area contributed by atoms with Gasteiger partial charge in [-0.2, -0.15) is 0 Å². The van der Waals surface area contributed by atoms with Crippen molar-refractivity contribution in [2.45, 2.75) is 13.5 Å². The molecule has 1 N–H and O–H groups in total. The van der Waals surface area contributed by atoms with Crippen LogP contribution in [0.4, 0.5) is 0 Å². The Morgan fingerprint density at radius 1 is 1.53 bits per heavy atom. The highest BCUT2D eigenvalue weighted by atomic mass is 32.2. The van der Waals surface area contributed by atoms with Crippen molar-refractivity contribution in [1.82, 2.24) is 20.3 Å². The van der Waals surface area contributed by atoms with Crippen LogP contribution in [0.1, 0.15) is 12.6 Å². The molecule has 1 aromatic rings. The average molecular weight is 232 g/mol. The third-order valence-electron chi connectivity index (χ3n) is 1.99. The van der Waals surface area contributed by atoms with Gasteiger partial charge in [0, 0.05) is 32.1 Å². The molecule has 0 atom stereocenters. The first-order valence-electron chi connectivity index (χ1n) is 4.80. The quantitative estimate of drug-likeness (QED) is 0.659. The molecule has 0 fully saturated rings. The topological polar surface area (TPSA) is 76.9 Å². The van der Waals surface area contributed by atoms with E-state index in [1.807, 2.05) is 0 Å². The first kappa shape index (κ1) is 12.1. The minimum atomic E-state index is -2.87. The molecule has 1 rings (SSSR count). The van der Waals surface area contributed by atoms with Crippen LogP contribution in [0.5, 0.6) is 0 Å². The van der Waals surface area contributed by atoms with Gasteiger partial charge < -0.3 is 5.32 Å². The zero-order valence-corrected chi connectivity index (χ0v) is 9.79. The Morgan fingerprint density at radius 2 is 2.27 bits per heavy atom. The van der Waals surface area contributed by atoms with E-state index in [-0.39, 0.29) is 11.5 Å². The van der Waals surface area contributed by atoms with E-state index in [0.717, 1.165) is 5.69 Å². The second kappa shape index (κ2) is 5.22. The summed E-state index contributed by atoms with van der Waals surface area (Å²) in [7, 11) is -1.08. The molecule has 1 aromatic heterocycles. The smallest absolute Gasteiger partial charge is 0.151 e. The Kier molecular flexibility index (Phi) is 4.22. The Bertz CT molecular complexity index is 399. The summed E-state index contributed by atoms with van der Waals surface area (Å²) in [5.74, 6) is 0.365. The van der Waals surface area contributed by atoms with E-state index < -0.39 is 9.84 Å². The Morgan fingerprint density at radius 3 is 2.80 bits per heavy atom. The van der Waals surface area contributed by atoms with Crippen molar-refractivity contribution in [2.75, 3.05) is 18.1 Å². The van der Waals surface area contributed by atoms with Gasteiger partial charge in [0.2, 0.25) is 0 Å². The maximum absolute atomic E-state index is 11.1. The van der Waals surface area contributed by atoms with Crippen LogP contribution >= 0.6 is 0 Å². The van der Waals surface area contributed by atoms with Crippen molar-refractivity contribution in [3.05, 3.63) is 11.9 Å². The molecule has 1 heterocycles. The summed E-state index contributed by atoms with van der Waals surface area (Å²) in [6.45, 7) is 2.65. The molecule has 0 bridgehead atoms. The number of rotatable bonds is 6. The van der Waals surface area contributed by atoms with Crippen molar-refractivity contribution in [3.63, 3.8) is 0 Å². The summed E-state index contributed by atoms with van der Waals surface area (Å²) in [5.41, 5.74) is 0.811. The van der Waals surface area contributed by atoms with E-state index in [1.54, 1.807) is 24.9 Å². The highest BCUT2D eigenvalue weighted by molar-refractivity contribution is 7.91. The molecule has 0 aliphatic rings. The standard InChI is InChI=1S/C8H16N4O2S/c1-3-15(13,14)5-4-9-6-8-7-12(2)11-10-8/h7,9H,3-6H2,1-2H3. The summed E-state index contributed by atoms with van der Waals surface area (Å²) < 4.78 is 23.9. The number of nitrogens with zero attached hydrogens (tertiary/aromatic N) is 3. The maximum Gasteiger partial charge on any atom is 0.151 e. The van der Waals surface area contributed by atoms with Crippen LogP contribution in [0, 0.1) is 0 Å². The van der Waals surface area contributed by atoms with Gasteiger partial charge in [0.05, 0.1) is 11.4 Å². The fraction of sp³-hybridized carbons (Fsp3) is 0.750. The number of aryl methyl sites for hydroxylation is 1. The third-order valence-corrected chi connectivity index (χ3v) is 3.69. The Labute approximate surface area is 89.6 Å². The maximum atomic E-state index is 11.1. The summed E-state index contributed by atoms with van der Waals surface area (Å²) in [6.07, 6.45) is 1.79. The van der Waals surface area contributed by atoms with Gasteiger partial charge in [-0.1, -0.05) is 12.1 Å². The zero-order valence-electron chi connectivity index (χ0n) is 8.97. The third kappa shape index (κ3) is 4.39. The fourth-order valence-electron chi connectivity index (χ4n) is 1.06. The lowest BCUT2D eigenvalue weighted by molar-refractivity contribution is 0.591. The van der Waals surface area contributed by atoms with Crippen LogP contribution in [0.25, 0.3) is 0 Å². The number of nitrogens with one attached hydrogen (secondary N) is 1. The van der Waals surface area contributed by atoms with Crippen molar-refractivity contribution in [2.24, 2.45) is 7.05 Å². The van der Waals surface area contributed by atoms with Crippen molar-refractivity contribution in [3.8, 4) is 0 Å². The summed E-state index contributed by atoms with van der Waals surface area (Å²) in [6, 6.07) is 0. The minimum Gasteiger partial charge on any atom is -0.310 e. The lowest BCUT2D eigenvalue weighted by atomic mass is 10.5. The van der Waals surface area contributed by atoms with E-state index in [4.69, 9.17) is 0 Å². The average Bonchev–Trinajstić information content (AvgIpc) is 2.59. The SMILES string of the molecule is CCS(=O)(=O)CCNCc1cn(C)nn1. The second-order valence-corrected chi connectivity index (χ2v) is 5.77. The first-order valence-corrected chi connectivity index (χ1v) is 6.62. The molecule has 0 aromatic carbocycles. The number of hydrogen-bond donors (Lipinski definition) is 1. The zero-order chi connectivity index (χ0) is 11.3.